The summed E-state index contributed by atoms with van der Waals surface area (Å²) in [4.78, 5) is 48.7. The predicted octanol–water partition coefficient (Wildman–Crippen LogP) is 3.97. The molecule has 0 spiro atoms. The maximum absolute atomic E-state index is 13.3. The number of carbonyl (C=O) groups excluding carboxylic acids is 2. The first-order chi connectivity index (χ1) is 13.8. The topological polar surface area (TPSA) is 109 Å². The summed E-state index contributed by atoms with van der Waals surface area (Å²) >= 11 is 0. The highest BCUT2D eigenvalue weighted by Gasteiger charge is 2.34. The van der Waals surface area contributed by atoms with E-state index < -0.39 is 22.8 Å². The molecule has 2 N–H and O–H groups in total. The molecule has 0 bridgehead atoms. The summed E-state index contributed by atoms with van der Waals surface area (Å²) in [7, 11) is 0. The van der Waals surface area contributed by atoms with Crippen molar-refractivity contribution < 1.29 is 29.4 Å². The Kier molecular flexibility index (Phi) is 5.14. The van der Waals surface area contributed by atoms with Crippen LogP contribution in [0.15, 0.2) is 36.4 Å². The number of rotatable bonds is 6. The molecule has 0 saturated heterocycles. The minimum absolute atomic E-state index is 0.113. The van der Waals surface area contributed by atoms with Gasteiger partial charge in [-0.2, -0.15) is 0 Å². The summed E-state index contributed by atoms with van der Waals surface area (Å²) in [5.41, 5.74) is 0.977. The zero-order valence-corrected chi connectivity index (χ0v) is 17.4. The van der Waals surface area contributed by atoms with Crippen LogP contribution in [0.1, 0.15) is 83.5 Å². The molecule has 0 amide bonds. The average Bonchev–Trinajstić information content (AvgIpc) is 2.63. The molecule has 30 heavy (non-hydrogen) atoms. The molecule has 0 aromatic heterocycles. The molecule has 2 aromatic carbocycles. The number of carboxylic acid groups (broad SMARTS) is 2. The van der Waals surface area contributed by atoms with Crippen LogP contribution in [-0.2, 0) is 20.4 Å². The zero-order valence-electron chi connectivity index (χ0n) is 17.4. The number of benzene rings is 2. The summed E-state index contributed by atoms with van der Waals surface area (Å²) in [6, 6.07) is 9.77. The summed E-state index contributed by atoms with van der Waals surface area (Å²) in [5, 5.41) is 18.4. The van der Waals surface area contributed by atoms with Crippen molar-refractivity contribution in [3.8, 4) is 0 Å². The number of fused-ring (bicyclic) bond motifs is 2. The Bertz CT molecular complexity index is 1010. The minimum atomic E-state index is -0.948. The van der Waals surface area contributed by atoms with Crippen molar-refractivity contribution in [1.29, 1.82) is 0 Å². The Morgan fingerprint density at radius 3 is 1.33 bits per heavy atom. The van der Waals surface area contributed by atoms with Gasteiger partial charge in [0.15, 0.2) is 11.6 Å². The van der Waals surface area contributed by atoms with Gasteiger partial charge in [-0.15, -0.1) is 0 Å². The van der Waals surface area contributed by atoms with Crippen molar-refractivity contribution in [3.63, 3.8) is 0 Å². The van der Waals surface area contributed by atoms with Gasteiger partial charge < -0.3 is 10.2 Å². The van der Waals surface area contributed by atoms with E-state index >= 15 is 0 Å². The Morgan fingerprint density at radius 2 is 1.00 bits per heavy atom. The Balaban J connectivity index is 2.09. The van der Waals surface area contributed by atoms with Crippen molar-refractivity contribution in [2.24, 2.45) is 0 Å². The Hall–Kier alpha value is -3.28. The largest absolute Gasteiger partial charge is 0.481 e. The second-order valence-electron chi connectivity index (χ2n) is 9.09. The van der Waals surface area contributed by atoms with Crippen LogP contribution in [-0.4, -0.2) is 33.7 Å². The van der Waals surface area contributed by atoms with E-state index in [4.69, 9.17) is 0 Å². The number of hydrogen-bond acceptors (Lipinski definition) is 4. The van der Waals surface area contributed by atoms with E-state index in [9.17, 15) is 29.4 Å². The molecular weight excluding hydrogens is 384 g/mol. The molecular formula is C24H24O6. The third-order valence-electron chi connectivity index (χ3n) is 5.77. The van der Waals surface area contributed by atoms with Crippen molar-refractivity contribution >= 4 is 23.5 Å². The van der Waals surface area contributed by atoms with Gasteiger partial charge in [0.1, 0.15) is 0 Å². The van der Waals surface area contributed by atoms with Gasteiger partial charge >= 0.3 is 11.9 Å². The first-order valence-electron chi connectivity index (χ1n) is 9.65. The summed E-state index contributed by atoms with van der Waals surface area (Å²) in [6.07, 6.45) is -0.226. The summed E-state index contributed by atoms with van der Waals surface area (Å²) in [6.45, 7) is 7.10. The van der Waals surface area contributed by atoms with Crippen molar-refractivity contribution in [2.45, 2.75) is 51.4 Å². The van der Waals surface area contributed by atoms with Crippen LogP contribution < -0.4 is 0 Å². The lowest BCUT2D eigenvalue weighted by molar-refractivity contribution is -0.139. The number of aliphatic carboxylic acids is 2. The lowest BCUT2D eigenvalue weighted by Gasteiger charge is -2.27. The third kappa shape index (κ3) is 3.77. The second kappa shape index (κ2) is 7.20. The monoisotopic (exact) mass is 408 g/mol. The van der Waals surface area contributed by atoms with Crippen molar-refractivity contribution in [3.05, 3.63) is 69.8 Å². The number of ketones is 2. The molecule has 1 aliphatic carbocycles. The van der Waals surface area contributed by atoms with Crippen molar-refractivity contribution in [1.82, 2.24) is 0 Å². The Morgan fingerprint density at radius 1 is 0.667 bits per heavy atom. The van der Waals surface area contributed by atoms with Gasteiger partial charge in [0.25, 0.3) is 0 Å². The van der Waals surface area contributed by atoms with E-state index in [0.29, 0.717) is 22.3 Å². The van der Waals surface area contributed by atoms with E-state index in [0.717, 1.165) is 0 Å². The fourth-order valence-corrected chi connectivity index (χ4v) is 3.95. The van der Waals surface area contributed by atoms with Gasteiger partial charge in [-0.3, -0.25) is 19.2 Å². The molecule has 0 radical (unpaired) electrons. The third-order valence-corrected chi connectivity index (χ3v) is 5.77. The van der Waals surface area contributed by atoms with E-state index in [-0.39, 0.29) is 35.5 Å². The van der Waals surface area contributed by atoms with E-state index in [1.165, 1.54) is 0 Å². The summed E-state index contributed by atoms with van der Waals surface area (Å²) in [5.74, 6) is -2.49. The second-order valence-corrected chi connectivity index (χ2v) is 9.09. The lowest BCUT2D eigenvalue weighted by Crippen LogP contribution is -2.27. The van der Waals surface area contributed by atoms with E-state index in [1.54, 1.807) is 64.1 Å². The molecule has 6 heteroatoms. The minimum Gasteiger partial charge on any atom is -0.481 e. The fourth-order valence-electron chi connectivity index (χ4n) is 3.95. The van der Waals surface area contributed by atoms with Crippen LogP contribution in [0.2, 0.25) is 0 Å². The smallest absolute Gasteiger partial charge is 0.304 e. The Labute approximate surface area is 174 Å². The van der Waals surface area contributed by atoms with Crippen LogP contribution in [0.25, 0.3) is 0 Å². The van der Waals surface area contributed by atoms with Crippen molar-refractivity contribution in [2.75, 3.05) is 0 Å². The summed E-state index contributed by atoms with van der Waals surface area (Å²) < 4.78 is 0. The molecule has 156 valence electrons. The fraction of sp³-hybridized carbons (Fsp3) is 0.333. The van der Waals surface area contributed by atoms with E-state index in [1.807, 2.05) is 0 Å². The molecule has 0 heterocycles. The standard InChI is InChI=1S/C24H24O6/c1-23(2,11-19(25)26)13-5-7-15-17(9-13)22(30)18-10-14(6-8-16(18)21(15)29)24(3,4)12-20(27)28/h5-10H,11-12H2,1-4H3,(H,25,26)(H,27,28). The quantitative estimate of drug-likeness (QED) is 0.639. The van der Waals surface area contributed by atoms with Gasteiger partial charge in [0, 0.05) is 33.1 Å². The molecule has 0 fully saturated rings. The van der Waals surface area contributed by atoms with Crippen LogP contribution in [0.5, 0.6) is 0 Å². The molecule has 3 rings (SSSR count). The van der Waals surface area contributed by atoms with Gasteiger partial charge in [-0.1, -0.05) is 39.8 Å². The predicted molar refractivity (Wildman–Crippen MR) is 110 cm³/mol. The molecule has 0 unspecified atom stereocenters. The highest BCUT2D eigenvalue weighted by molar-refractivity contribution is 6.28. The maximum atomic E-state index is 13.3. The SMILES string of the molecule is CC(C)(CC(=O)O)c1ccc2c(c1)C(=O)c1cc(C(C)(C)CC(=O)O)ccc1C2=O. The van der Waals surface area contributed by atoms with E-state index in [2.05, 4.69) is 0 Å². The number of carboxylic acids is 2. The van der Waals surface area contributed by atoms with Gasteiger partial charge in [-0.05, 0) is 35.4 Å². The molecule has 0 aliphatic heterocycles. The molecule has 6 nitrogen and oxygen atoms in total. The highest BCUT2D eigenvalue weighted by Crippen LogP contribution is 2.35. The van der Waals surface area contributed by atoms with Crippen LogP contribution in [0.4, 0.5) is 0 Å². The van der Waals surface area contributed by atoms with Crippen LogP contribution in [0, 0.1) is 0 Å². The number of hydrogen-bond donors (Lipinski definition) is 2. The molecule has 1 aliphatic rings. The molecule has 2 aromatic rings. The van der Waals surface area contributed by atoms with Crippen LogP contribution in [0.3, 0.4) is 0 Å². The highest BCUT2D eigenvalue weighted by atomic mass is 16.4. The first kappa shape index (κ1) is 21.4. The van der Waals surface area contributed by atoms with Gasteiger partial charge in [0.2, 0.25) is 0 Å². The first-order valence-corrected chi connectivity index (χ1v) is 9.65. The number of carbonyl (C=O) groups is 4. The average molecular weight is 408 g/mol. The van der Waals surface area contributed by atoms with Crippen LogP contribution >= 0.6 is 0 Å². The van der Waals surface area contributed by atoms with Gasteiger partial charge in [0.05, 0.1) is 12.8 Å². The molecule has 0 saturated carbocycles. The molecule has 0 atom stereocenters. The zero-order chi connectivity index (χ0) is 22.4. The lowest BCUT2D eigenvalue weighted by atomic mass is 9.75. The normalized spacial score (nSPS) is 13.6. The maximum Gasteiger partial charge on any atom is 0.304 e. The van der Waals surface area contributed by atoms with Gasteiger partial charge in [-0.25, -0.2) is 0 Å².